The number of nitrogens with zero attached hydrogens (tertiary/aromatic N) is 3. The van der Waals surface area contributed by atoms with E-state index in [9.17, 15) is 24.1 Å². The van der Waals surface area contributed by atoms with Crippen molar-refractivity contribution in [3.8, 4) is 5.75 Å². The third-order valence-corrected chi connectivity index (χ3v) is 9.06. The average Bonchev–Trinajstić information content (AvgIpc) is 3.37. The quantitative estimate of drug-likeness (QED) is 0.107. The molecule has 1 saturated carbocycles. The molecule has 0 aromatic heterocycles. The van der Waals surface area contributed by atoms with Crippen molar-refractivity contribution >= 4 is 23.9 Å². The highest BCUT2D eigenvalue weighted by molar-refractivity contribution is 5.95. The first kappa shape index (κ1) is 35.4. The molecule has 0 radical (unpaired) electrons. The lowest BCUT2D eigenvalue weighted by Gasteiger charge is -2.32. The van der Waals surface area contributed by atoms with Crippen LogP contribution in [-0.4, -0.2) is 78.2 Å². The number of hydrogen-bond donors (Lipinski definition) is 1. The number of rotatable bonds is 17. The molecule has 3 unspecified atom stereocenters. The van der Waals surface area contributed by atoms with Crippen LogP contribution < -0.4 is 10.1 Å². The Morgan fingerprint density at radius 2 is 1.91 bits per heavy atom. The second kappa shape index (κ2) is 16.4. The molecule has 1 aromatic rings. The van der Waals surface area contributed by atoms with E-state index in [-0.39, 0.29) is 37.9 Å². The maximum atomic E-state index is 14.3. The summed E-state index contributed by atoms with van der Waals surface area (Å²) in [5.74, 6) is -1.74. The number of ether oxygens (including phenoxy) is 3. The lowest BCUT2D eigenvalue weighted by atomic mass is 10.1. The Morgan fingerprint density at radius 1 is 1.15 bits per heavy atom. The average molecular weight is 651 g/mol. The number of hydrogen-bond acceptors (Lipinski definition) is 9. The molecule has 1 N–H and O–H groups in total. The van der Waals surface area contributed by atoms with Crippen LogP contribution in [0.5, 0.6) is 5.75 Å². The SMILES string of the molecule is C=CCCCCCN(Cc1ccc(OC)cc1)C(=O)N1CC(OC(=O)C2CC=C(N=O)C2)C[C@H]1C(=O)N[C@]1(C(=O)OCC)CC1C=C. The van der Waals surface area contributed by atoms with Gasteiger partial charge in [-0.2, -0.15) is 0 Å². The summed E-state index contributed by atoms with van der Waals surface area (Å²) < 4.78 is 16.4. The van der Waals surface area contributed by atoms with E-state index < -0.39 is 41.4 Å². The molecule has 1 saturated heterocycles. The molecule has 5 atom stereocenters. The number of nitroso groups, excluding NO2 is 1. The van der Waals surface area contributed by atoms with Gasteiger partial charge in [-0.15, -0.1) is 18.1 Å². The summed E-state index contributed by atoms with van der Waals surface area (Å²) in [4.78, 5) is 68.4. The van der Waals surface area contributed by atoms with Crippen LogP contribution in [0.25, 0.3) is 0 Å². The zero-order valence-corrected chi connectivity index (χ0v) is 27.4. The van der Waals surface area contributed by atoms with Crippen molar-refractivity contribution in [2.75, 3.05) is 26.8 Å². The van der Waals surface area contributed by atoms with E-state index in [0.29, 0.717) is 37.4 Å². The molecule has 47 heavy (non-hydrogen) atoms. The Labute approximate surface area is 276 Å². The molecule has 254 valence electrons. The van der Waals surface area contributed by atoms with Gasteiger partial charge in [-0.05, 0) is 61.9 Å². The number of esters is 2. The topological polar surface area (TPSA) is 144 Å². The van der Waals surface area contributed by atoms with Gasteiger partial charge in [-0.25, -0.2) is 9.59 Å². The Kier molecular flexibility index (Phi) is 12.3. The van der Waals surface area contributed by atoms with Crippen LogP contribution in [0.1, 0.15) is 63.9 Å². The standard InChI is InChI=1S/C35H46N4O8/c1-5-8-9-10-11-18-38(22-24-12-16-28(45-4)17-13-24)34(43)39-23-29(47-32(41)25-14-15-27(19-25)37-44)20-30(39)31(40)36-35(21-26(35)6-2)33(42)46-7-3/h5-6,12-13,15-17,25-26,29-30H,1-2,7-11,14,18-23H2,3-4H3,(H,36,40)/t25?,26?,29?,30-,35+/m0/s1. The number of allylic oxidation sites excluding steroid dienone is 3. The molecule has 2 aliphatic carbocycles. The Balaban J connectivity index is 1.56. The second-order valence-electron chi connectivity index (χ2n) is 12.3. The molecule has 3 amide bonds. The lowest BCUT2D eigenvalue weighted by Crippen LogP contribution is -2.55. The maximum absolute atomic E-state index is 14.3. The smallest absolute Gasteiger partial charge is 0.332 e. The van der Waals surface area contributed by atoms with Crippen LogP contribution in [0.4, 0.5) is 4.79 Å². The molecule has 0 bridgehead atoms. The third-order valence-electron chi connectivity index (χ3n) is 9.06. The fourth-order valence-corrected chi connectivity index (χ4v) is 6.26. The van der Waals surface area contributed by atoms with Gasteiger partial charge in [-0.1, -0.05) is 36.8 Å². The number of carbonyl (C=O) groups is 4. The summed E-state index contributed by atoms with van der Waals surface area (Å²) in [7, 11) is 1.59. The molecule has 1 aromatic carbocycles. The maximum Gasteiger partial charge on any atom is 0.332 e. The summed E-state index contributed by atoms with van der Waals surface area (Å²) in [5.41, 5.74) is -0.0602. The number of likely N-dealkylation sites (tertiary alicyclic amines) is 1. The van der Waals surface area contributed by atoms with Crippen LogP contribution in [0.15, 0.2) is 66.5 Å². The first-order valence-electron chi connectivity index (χ1n) is 16.3. The van der Waals surface area contributed by atoms with Crippen molar-refractivity contribution in [2.45, 2.75) is 82.5 Å². The molecule has 12 heteroatoms. The predicted octanol–water partition coefficient (Wildman–Crippen LogP) is 5.03. The number of nitrogens with one attached hydrogen (secondary N) is 1. The fraction of sp³-hybridized carbons (Fsp3) is 0.543. The fourth-order valence-electron chi connectivity index (χ4n) is 6.26. The number of carbonyl (C=O) groups excluding carboxylic acids is 4. The minimum atomic E-state index is -1.25. The molecular formula is C35H46N4O8. The summed E-state index contributed by atoms with van der Waals surface area (Å²) in [6.07, 6.45) is 8.71. The summed E-state index contributed by atoms with van der Waals surface area (Å²) in [6, 6.07) is 6.05. The van der Waals surface area contributed by atoms with Gasteiger partial charge in [0.15, 0.2) is 0 Å². The minimum Gasteiger partial charge on any atom is -0.497 e. The number of methoxy groups -OCH3 is 1. The molecule has 2 fully saturated rings. The Hall–Kier alpha value is -4.48. The highest BCUT2D eigenvalue weighted by atomic mass is 16.5. The molecule has 12 nitrogen and oxygen atoms in total. The highest BCUT2D eigenvalue weighted by Crippen LogP contribution is 2.45. The van der Waals surface area contributed by atoms with E-state index in [1.807, 2.05) is 30.3 Å². The van der Waals surface area contributed by atoms with Gasteiger partial charge in [0, 0.05) is 31.8 Å². The van der Waals surface area contributed by atoms with E-state index >= 15 is 0 Å². The van der Waals surface area contributed by atoms with Crippen molar-refractivity contribution in [1.82, 2.24) is 15.1 Å². The minimum absolute atomic E-state index is 0.00549. The van der Waals surface area contributed by atoms with E-state index in [1.54, 1.807) is 31.1 Å². The summed E-state index contributed by atoms with van der Waals surface area (Å²) >= 11 is 0. The van der Waals surface area contributed by atoms with Crippen molar-refractivity contribution in [3.05, 3.63) is 71.8 Å². The van der Waals surface area contributed by atoms with Gasteiger partial charge in [0.1, 0.15) is 23.4 Å². The molecule has 1 aliphatic heterocycles. The molecular weight excluding hydrogens is 604 g/mol. The van der Waals surface area contributed by atoms with Crippen LogP contribution in [0, 0.1) is 16.7 Å². The van der Waals surface area contributed by atoms with Crippen LogP contribution in [0.3, 0.4) is 0 Å². The first-order valence-corrected chi connectivity index (χ1v) is 16.3. The molecule has 1 heterocycles. The predicted molar refractivity (Wildman–Crippen MR) is 175 cm³/mol. The largest absolute Gasteiger partial charge is 0.497 e. The van der Waals surface area contributed by atoms with Crippen molar-refractivity contribution in [1.29, 1.82) is 0 Å². The van der Waals surface area contributed by atoms with Crippen LogP contribution >= 0.6 is 0 Å². The number of amides is 3. The third kappa shape index (κ3) is 8.66. The second-order valence-corrected chi connectivity index (χ2v) is 12.3. The van der Waals surface area contributed by atoms with Gasteiger partial charge < -0.3 is 29.3 Å². The van der Waals surface area contributed by atoms with Gasteiger partial charge in [0.05, 0.1) is 31.9 Å². The Morgan fingerprint density at radius 3 is 2.53 bits per heavy atom. The molecule has 4 rings (SSSR count). The zero-order chi connectivity index (χ0) is 34.0. The van der Waals surface area contributed by atoms with Gasteiger partial charge in [-0.3, -0.25) is 9.59 Å². The molecule has 3 aliphatic rings. The van der Waals surface area contributed by atoms with Gasteiger partial charge >= 0.3 is 18.0 Å². The van der Waals surface area contributed by atoms with Gasteiger partial charge in [0.25, 0.3) is 0 Å². The Bertz CT molecular complexity index is 1360. The van der Waals surface area contributed by atoms with E-state index in [4.69, 9.17) is 14.2 Å². The first-order chi connectivity index (χ1) is 22.7. The van der Waals surface area contributed by atoms with Crippen molar-refractivity contribution in [2.24, 2.45) is 17.0 Å². The van der Waals surface area contributed by atoms with E-state index in [0.717, 1.165) is 31.2 Å². The van der Waals surface area contributed by atoms with Crippen LogP contribution in [0.2, 0.25) is 0 Å². The monoisotopic (exact) mass is 650 g/mol. The van der Waals surface area contributed by atoms with E-state index in [2.05, 4.69) is 23.7 Å². The van der Waals surface area contributed by atoms with Crippen LogP contribution in [-0.2, 0) is 30.4 Å². The number of benzene rings is 1. The normalized spacial score (nSPS) is 24.5. The van der Waals surface area contributed by atoms with Gasteiger partial charge in [0.2, 0.25) is 5.91 Å². The summed E-state index contributed by atoms with van der Waals surface area (Å²) in [6.45, 7) is 10.1. The summed E-state index contributed by atoms with van der Waals surface area (Å²) in [5, 5.41) is 5.82. The highest BCUT2D eigenvalue weighted by Gasteiger charge is 2.62. The molecule has 0 spiro atoms. The number of urea groups is 1. The number of unbranched alkanes of at least 4 members (excludes halogenated alkanes) is 3. The van der Waals surface area contributed by atoms with Crippen molar-refractivity contribution in [3.63, 3.8) is 0 Å². The van der Waals surface area contributed by atoms with Crippen molar-refractivity contribution < 1.29 is 33.4 Å². The zero-order valence-electron chi connectivity index (χ0n) is 27.4. The lowest BCUT2D eigenvalue weighted by molar-refractivity contribution is -0.153. The van der Waals surface area contributed by atoms with E-state index in [1.165, 1.54) is 4.90 Å².